The number of nitrogens with zero attached hydrogens (tertiary/aromatic N) is 2. The van der Waals surface area contributed by atoms with Crippen molar-refractivity contribution in [3.63, 3.8) is 0 Å². The molecule has 0 aliphatic carbocycles. The molecule has 3 heterocycles. The van der Waals surface area contributed by atoms with E-state index in [-0.39, 0.29) is 11.8 Å². The fourth-order valence-electron chi connectivity index (χ4n) is 5.60. The van der Waals surface area contributed by atoms with Crippen LogP contribution in [-0.2, 0) is 0 Å². The molecule has 0 bridgehead atoms. The molecular weight excluding hydrogens is 476 g/mol. The highest BCUT2D eigenvalue weighted by molar-refractivity contribution is 9.10. The first kappa shape index (κ1) is 19.3. The molecule has 0 spiro atoms. The van der Waals surface area contributed by atoms with E-state index in [0.717, 1.165) is 54.4 Å². The summed E-state index contributed by atoms with van der Waals surface area (Å²) < 4.78 is 14.1. The summed E-state index contributed by atoms with van der Waals surface area (Å²) in [5.41, 5.74) is 5.52. The molecule has 0 radical (unpaired) electrons. The number of hydrogen-bond donors (Lipinski definition) is 0. The van der Waals surface area contributed by atoms with E-state index in [0.29, 0.717) is 6.61 Å². The summed E-state index contributed by atoms with van der Waals surface area (Å²) in [5, 5.41) is 2.15. The lowest BCUT2D eigenvalue weighted by Gasteiger charge is -2.48. The number of rotatable bonds is 0. The number of ether oxygens (including phenoxy) is 2. The van der Waals surface area contributed by atoms with Gasteiger partial charge in [0.05, 0.1) is 28.7 Å². The van der Waals surface area contributed by atoms with Gasteiger partial charge in [-0.2, -0.15) is 0 Å². The van der Waals surface area contributed by atoms with E-state index in [4.69, 9.17) is 19.4 Å². The maximum atomic E-state index is 6.81. The Kier molecular flexibility index (Phi) is 3.90. The molecule has 7 rings (SSSR count). The van der Waals surface area contributed by atoms with Gasteiger partial charge in [0, 0.05) is 38.2 Å². The van der Waals surface area contributed by atoms with Gasteiger partial charge in [-0.15, -0.1) is 0 Å². The molecular formula is C28H21BrN2O2. The largest absolute Gasteiger partial charge is 0.493 e. The molecule has 0 fully saturated rings. The van der Waals surface area contributed by atoms with Crippen LogP contribution in [0.3, 0.4) is 0 Å². The molecule has 33 heavy (non-hydrogen) atoms. The van der Waals surface area contributed by atoms with Crippen LogP contribution in [0.15, 0.2) is 71.2 Å². The topological polar surface area (TPSA) is 44.2 Å². The first-order valence-corrected chi connectivity index (χ1v) is 12.0. The second kappa shape index (κ2) is 6.67. The summed E-state index contributed by atoms with van der Waals surface area (Å²) in [6.07, 6.45) is 0. The van der Waals surface area contributed by atoms with Gasteiger partial charge >= 0.3 is 0 Å². The smallest absolute Gasteiger partial charge is 0.134 e. The summed E-state index contributed by atoms with van der Waals surface area (Å²) >= 11 is 3.68. The van der Waals surface area contributed by atoms with Crippen molar-refractivity contribution in [2.45, 2.75) is 25.4 Å². The van der Waals surface area contributed by atoms with Crippen molar-refractivity contribution >= 4 is 48.8 Å². The highest BCUT2D eigenvalue weighted by Crippen LogP contribution is 2.56. The SMILES string of the molecule is CC1(C)Oc2c(c3nc4ccccc4nc3c3ccccc23)[C@@H]2c3cc(Br)ccc3OC[C@@H]21. The Balaban J connectivity index is 1.69. The van der Waals surface area contributed by atoms with Crippen LogP contribution in [0.1, 0.15) is 30.9 Å². The van der Waals surface area contributed by atoms with Crippen molar-refractivity contribution in [3.8, 4) is 11.5 Å². The van der Waals surface area contributed by atoms with Crippen LogP contribution < -0.4 is 9.47 Å². The monoisotopic (exact) mass is 496 g/mol. The van der Waals surface area contributed by atoms with E-state index in [2.05, 4.69) is 66.2 Å². The summed E-state index contributed by atoms with van der Waals surface area (Å²) in [4.78, 5) is 10.3. The van der Waals surface area contributed by atoms with Crippen LogP contribution in [0.5, 0.6) is 11.5 Å². The molecule has 0 saturated heterocycles. The lowest BCUT2D eigenvalue weighted by Crippen LogP contribution is -2.49. The molecule has 4 aromatic carbocycles. The number of halogens is 1. The third kappa shape index (κ3) is 2.69. The lowest BCUT2D eigenvalue weighted by molar-refractivity contribution is -0.0118. The number of fused-ring (bicyclic) bond motifs is 11. The summed E-state index contributed by atoms with van der Waals surface area (Å²) in [7, 11) is 0. The minimum atomic E-state index is -0.404. The van der Waals surface area contributed by atoms with Crippen molar-refractivity contribution in [2.24, 2.45) is 5.92 Å². The molecule has 0 N–H and O–H groups in total. The van der Waals surface area contributed by atoms with Crippen LogP contribution in [0, 0.1) is 5.92 Å². The third-order valence-corrected chi connectivity index (χ3v) is 7.69. The van der Waals surface area contributed by atoms with Gasteiger partial charge in [-0.1, -0.05) is 52.3 Å². The Labute approximate surface area is 199 Å². The van der Waals surface area contributed by atoms with E-state index in [9.17, 15) is 0 Å². The van der Waals surface area contributed by atoms with Crippen molar-refractivity contribution < 1.29 is 9.47 Å². The average Bonchev–Trinajstić information content (AvgIpc) is 2.82. The summed E-state index contributed by atoms with van der Waals surface area (Å²) in [5.74, 6) is 2.08. The van der Waals surface area contributed by atoms with Gasteiger partial charge in [-0.3, -0.25) is 0 Å². The normalized spacial score (nSPS) is 20.6. The predicted octanol–water partition coefficient (Wildman–Crippen LogP) is 7.01. The average molecular weight is 497 g/mol. The Morgan fingerprint density at radius 3 is 2.36 bits per heavy atom. The van der Waals surface area contributed by atoms with Crippen LogP contribution in [0.25, 0.3) is 32.8 Å². The van der Waals surface area contributed by atoms with E-state index in [1.54, 1.807) is 0 Å². The second-order valence-corrected chi connectivity index (χ2v) is 10.4. The van der Waals surface area contributed by atoms with Crippen molar-refractivity contribution in [1.29, 1.82) is 0 Å². The van der Waals surface area contributed by atoms with Gasteiger partial charge < -0.3 is 9.47 Å². The molecule has 1 aromatic heterocycles. The molecule has 4 nitrogen and oxygen atoms in total. The summed E-state index contributed by atoms with van der Waals surface area (Å²) in [6, 6.07) is 22.8. The number of benzene rings is 4. The quantitative estimate of drug-likeness (QED) is 0.171. The third-order valence-electron chi connectivity index (χ3n) is 7.19. The second-order valence-electron chi connectivity index (χ2n) is 9.48. The van der Waals surface area contributed by atoms with Gasteiger partial charge in [0.2, 0.25) is 0 Å². The molecule has 2 aliphatic rings. The Hall–Kier alpha value is -3.18. The van der Waals surface area contributed by atoms with Crippen LogP contribution in [0.2, 0.25) is 0 Å². The number of para-hydroxylation sites is 2. The maximum absolute atomic E-state index is 6.81. The lowest BCUT2D eigenvalue weighted by atomic mass is 9.69. The number of hydrogen-bond acceptors (Lipinski definition) is 4. The van der Waals surface area contributed by atoms with Crippen LogP contribution >= 0.6 is 15.9 Å². The molecule has 5 heteroatoms. The zero-order chi connectivity index (χ0) is 22.3. The van der Waals surface area contributed by atoms with E-state index >= 15 is 0 Å². The first-order valence-electron chi connectivity index (χ1n) is 11.2. The Morgan fingerprint density at radius 2 is 1.58 bits per heavy atom. The predicted molar refractivity (Wildman–Crippen MR) is 134 cm³/mol. The molecule has 162 valence electrons. The standard InChI is InChI=1S/C28H21BrN2O2/c1-28(2)19-14-32-22-12-11-15(29)13-18(22)23(19)24-26-25(30-20-9-5-6-10-21(20)31-26)16-7-3-4-8-17(16)27(24)33-28/h3-13,19,23H,14H2,1-2H3/t19-,23+/m0/s1. The van der Waals surface area contributed by atoms with Gasteiger partial charge in [0.15, 0.2) is 0 Å². The maximum Gasteiger partial charge on any atom is 0.134 e. The van der Waals surface area contributed by atoms with Crippen molar-refractivity contribution in [3.05, 3.63) is 82.3 Å². The number of aromatic nitrogens is 2. The Bertz CT molecular complexity index is 1610. The van der Waals surface area contributed by atoms with Crippen LogP contribution in [-0.4, -0.2) is 22.2 Å². The minimum absolute atomic E-state index is 0.0903. The van der Waals surface area contributed by atoms with Crippen LogP contribution in [0.4, 0.5) is 0 Å². The van der Waals surface area contributed by atoms with Gasteiger partial charge in [-0.25, -0.2) is 9.97 Å². The van der Waals surface area contributed by atoms with E-state index in [1.807, 2.05) is 30.3 Å². The first-order chi connectivity index (χ1) is 16.0. The van der Waals surface area contributed by atoms with Gasteiger partial charge in [0.25, 0.3) is 0 Å². The fourth-order valence-corrected chi connectivity index (χ4v) is 5.98. The van der Waals surface area contributed by atoms with E-state index < -0.39 is 5.60 Å². The molecule has 0 saturated carbocycles. The highest BCUT2D eigenvalue weighted by Gasteiger charge is 2.49. The van der Waals surface area contributed by atoms with Crippen molar-refractivity contribution in [2.75, 3.05) is 6.61 Å². The Morgan fingerprint density at radius 1 is 0.879 bits per heavy atom. The molecule has 2 atom stereocenters. The molecule has 0 amide bonds. The minimum Gasteiger partial charge on any atom is -0.493 e. The highest BCUT2D eigenvalue weighted by atomic mass is 79.9. The van der Waals surface area contributed by atoms with Gasteiger partial charge in [0.1, 0.15) is 17.1 Å². The van der Waals surface area contributed by atoms with Crippen molar-refractivity contribution in [1.82, 2.24) is 9.97 Å². The van der Waals surface area contributed by atoms with Gasteiger partial charge in [-0.05, 0) is 44.2 Å². The summed E-state index contributed by atoms with van der Waals surface area (Å²) in [6.45, 7) is 4.94. The molecule has 2 aliphatic heterocycles. The zero-order valence-electron chi connectivity index (χ0n) is 18.3. The fraction of sp³-hybridized carbons (Fsp3) is 0.214. The molecule has 5 aromatic rings. The zero-order valence-corrected chi connectivity index (χ0v) is 19.9. The van der Waals surface area contributed by atoms with E-state index in [1.165, 1.54) is 5.56 Å². The molecule has 0 unspecified atom stereocenters.